The van der Waals surface area contributed by atoms with Gasteiger partial charge in [-0.3, -0.25) is 4.79 Å². The van der Waals surface area contributed by atoms with Crippen LogP contribution in [0.1, 0.15) is 49.4 Å². The summed E-state index contributed by atoms with van der Waals surface area (Å²) in [4.78, 5) is 39.3. The normalized spacial score (nSPS) is 11.5. The SMILES string of the molecule is COC(=O)c1ccc(O[C@@H](C)C(=O)c2[nH]c(C)c(C(=O)OC)c2C)c(OC)c1. The Kier molecular flexibility index (Phi) is 6.45. The van der Waals surface area contributed by atoms with Crippen molar-refractivity contribution >= 4 is 17.7 Å². The number of carbonyl (C=O) groups is 3. The van der Waals surface area contributed by atoms with Gasteiger partial charge in [-0.15, -0.1) is 0 Å². The minimum absolute atomic E-state index is 0.274. The number of aryl methyl sites for hydroxylation is 1. The number of rotatable bonds is 7. The van der Waals surface area contributed by atoms with Crippen LogP contribution in [-0.2, 0) is 9.47 Å². The zero-order valence-electron chi connectivity index (χ0n) is 16.7. The van der Waals surface area contributed by atoms with Crippen LogP contribution in [0.5, 0.6) is 11.5 Å². The van der Waals surface area contributed by atoms with Gasteiger partial charge in [0.25, 0.3) is 0 Å². The summed E-state index contributed by atoms with van der Waals surface area (Å²) in [6, 6.07) is 4.51. The number of aromatic amines is 1. The van der Waals surface area contributed by atoms with Crippen LogP contribution in [-0.4, -0.2) is 50.1 Å². The van der Waals surface area contributed by atoms with Crippen molar-refractivity contribution in [2.75, 3.05) is 21.3 Å². The number of H-pyrrole nitrogens is 1. The van der Waals surface area contributed by atoms with Crippen LogP contribution in [0, 0.1) is 13.8 Å². The summed E-state index contributed by atoms with van der Waals surface area (Å²) in [6.07, 6.45) is -0.875. The second kappa shape index (κ2) is 8.60. The van der Waals surface area contributed by atoms with Crippen molar-refractivity contribution in [1.82, 2.24) is 4.98 Å². The lowest BCUT2D eigenvalue weighted by Gasteiger charge is -2.16. The molecular weight excluding hydrogens is 366 g/mol. The molecule has 0 amide bonds. The summed E-state index contributed by atoms with van der Waals surface area (Å²) in [5.74, 6) is -0.780. The molecule has 1 aromatic heterocycles. The minimum atomic E-state index is -0.875. The van der Waals surface area contributed by atoms with E-state index in [1.165, 1.54) is 39.5 Å². The molecule has 0 saturated carbocycles. The zero-order valence-corrected chi connectivity index (χ0v) is 16.7. The first-order valence-electron chi connectivity index (χ1n) is 8.49. The van der Waals surface area contributed by atoms with E-state index >= 15 is 0 Å². The Labute approximate surface area is 162 Å². The van der Waals surface area contributed by atoms with E-state index in [-0.39, 0.29) is 17.2 Å². The number of benzene rings is 1. The number of hydrogen-bond donors (Lipinski definition) is 1. The van der Waals surface area contributed by atoms with Crippen molar-refractivity contribution in [2.24, 2.45) is 0 Å². The molecule has 0 bridgehead atoms. The van der Waals surface area contributed by atoms with E-state index in [1.54, 1.807) is 20.8 Å². The fourth-order valence-electron chi connectivity index (χ4n) is 2.86. The Hall–Kier alpha value is -3.29. The lowest BCUT2D eigenvalue weighted by Crippen LogP contribution is -2.25. The molecule has 28 heavy (non-hydrogen) atoms. The minimum Gasteiger partial charge on any atom is -0.493 e. The molecule has 0 unspecified atom stereocenters. The van der Waals surface area contributed by atoms with Crippen molar-refractivity contribution in [3.8, 4) is 11.5 Å². The van der Waals surface area contributed by atoms with Gasteiger partial charge in [-0.1, -0.05) is 0 Å². The fraction of sp³-hybridized carbons (Fsp3) is 0.350. The van der Waals surface area contributed by atoms with E-state index in [1.807, 2.05) is 0 Å². The molecule has 1 atom stereocenters. The number of aromatic nitrogens is 1. The number of ether oxygens (including phenoxy) is 4. The Bertz CT molecular complexity index is 914. The monoisotopic (exact) mass is 389 g/mol. The summed E-state index contributed by atoms with van der Waals surface area (Å²) >= 11 is 0. The molecule has 0 saturated heterocycles. The number of hydrogen-bond acceptors (Lipinski definition) is 7. The van der Waals surface area contributed by atoms with Crippen LogP contribution in [0.15, 0.2) is 18.2 Å². The van der Waals surface area contributed by atoms with Crippen molar-refractivity contribution in [3.05, 3.63) is 46.3 Å². The third-order valence-corrected chi connectivity index (χ3v) is 4.33. The highest BCUT2D eigenvalue weighted by atomic mass is 16.5. The summed E-state index contributed by atoms with van der Waals surface area (Å²) in [7, 11) is 3.99. The average molecular weight is 389 g/mol. The van der Waals surface area contributed by atoms with Gasteiger partial charge in [-0.25, -0.2) is 9.59 Å². The standard InChI is InChI=1S/C20H23NO7/c1-10-16(20(24)27-6)11(2)21-17(10)18(22)12(3)28-14-8-7-13(19(23)26-5)9-15(14)25-4/h7-9,12,21H,1-6H3/t12-/m0/s1. The van der Waals surface area contributed by atoms with Crippen molar-refractivity contribution in [1.29, 1.82) is 0 Å². The highest BCUT2D eigenvalue weighted by Gasteiger charge is 2.27. The van der Waals surface area contributed by atoms with Gasteiger partial charge in [-0.05, 0) is 44.5 Å². The van der Waals surface area contributed by atoms with E-state index in [4.69, 9.17) is 14.2 Å². The largest absolute Gasteiger partial charge is 0.493 e. The maximum atomic E-state index is 12.8. The van der Waals surface area contributed by atoms with Crippen molar-refractivity contribution in [2.45, 2.75) is 26.9 Å². The molecule has 2 aromatic rings. The molecule has 0 aliphatic heterocycles. The Morgan fingerprint density at radius 1 is 0.964 bits per heavy atom. The third-order valence-electron chi connectivity index (χ3n) is 4.33. The highest BCUT2D eigenvalue weighted by molar-refractivity contribution is 6.03. The van der Waals surface area contributed by atoms with Crippen molar-refractivity contribution < 1.29 is 33.3 Å². The summed E-state index contributed by atoms with van der Waals surface area (Å²) in [5.41, 5.74) is 1.94. The molecule has 1 N–H and O–H groups in total. The van der Waals surface area contributed by atoms with Crippen LogP contribution in [0.4, 0.5) is 0 Å². The van der Waals surface area contributed by atoms with Gasteiger partial charge in [0, 0.05) is 5.69 Å². The van der Waals surface area contributed by atoms with E-state index < -0.39 is 18.0 Å². The molecule has 8 nitrogen and oxygen atoms in total. The van der Waals surface area contributed by atoms with Crippen LogP contribution in [0.3, 0.4) is 0 Å². The molecule has 0 radical (unpaired) electrons. The van der Waals surface area contributed by atoms with Crippen molar-refractivity contribution in [3.63, 3.8) is 0 Å². The maximum Gasteiger partial charge on any atom is 0.339 e. The lowest BCUT2D eigenvalue weighted by molar-refractivity contribution is 0.0590. The second-order valence-corrected chi connectivity index (χ2v) is 6.10. The first kappa shape index (κ1) is 21.0. The van der Waals surface area contributed by atoms with E-state index in [0.717, 1.165) is 0 Å². The van der Waals surface area contributed by atoms with Crippen LogP contribution >= 0.6 is 0 Å². The summed E-state index contributed by atoms with van der Waals surface area (Å²) < 4.78 is 20.4. The number of methoxy groups -OCH3 is 3. The predicted octanol–water partition coefficient (Wildman–Crippen LogP) is 2.86. The maximum absolute atomic E-state index is 12.8. The molecule has 1 heterocycles. The number of carbonyl (C=O) groups excluding carboxylic acids is 3. The van der Waals surface area contributed by atoms with E-state index in [0.29, 0.717) is 28.1 Å². The number of ketones is 1. The second-order valence-electron chi connectivity index (χ2n) is 6.10. The predicted molar refractivity (Wildman–Crippen MR) is 100 cm³/mol. The zero-order chi connectivity index (χ0) is 21.0. The van der Waals surface area contributed by atoms with Gasteiger partial charge in [-0.2, -0.15) is 0 Å². The van der Waals surface area contributed by atoms with Gasteiger partial charge in [0.1, 0.15) is 0 Å². The Morgan fingerprint density at radius 2 is 1.61 bits per heavy atom. The smallest absolute Gasteiger partial charge is 0.339 e. The molecule has 0 aliphatic rings. The van der Waals surface area contributed by atoms with Gasteiger partial charge in [0.2, 0.25) is 5.78 Å². The average Bonchev–Trinajstić information content (AvgIpc) is 3.00. The Balaban J connectivity index is 2.28. The van der Waals surface area contributed by atoms with Gasteiger partial charge in [0.15, 0.2) is 17.6 Å². The number of Topliss-reactive ketones (excluding diaryl/α,β-unsaturated/α-hetero) is 1. The lowest BCUT2D eigenvalue weighted by atomic mass is 10.1. The van der Waals surface area contributed by atoms with E-state index in [2.05, 4.69) is 9.72 Å². The molecule has 1 aromatic carbocycles. The third kappa shape index (κ3) is 4.00. The van der Waals surface area contributed by atoms with E-state index in [9.17, 15) is 14.4 Å². The summed E-state index contributed by atoms with van der Waals surface area (Å²) in [5, 5.41) is 0. The molecule has 0 spiro atoms. The molecular formula is C20H23NO7. The van der Waals surface area contributed by atoms with Gasteiger partial charge in [0.05, 0.1) is 38.2 Å². The first-order valence-corrected chi connectivity index (χ1v) is 8.49. The number of esters is 2. The first-order chi connectivity index (χ1) is 13.2. The molecule has 0 fully saturated rings. The summed E-state index contributed by atoms with van der Waals surface area (Å²) in [6.45, 7) is 4.95. The van der Waals surface area contributed by atoms with Gasteiger partial charge >= 0.3 is 11.9 Å². The molecule has 150 valence electrons. The fourth-order valence-corrected chi connectivity index (χ4v) is 2.86. The van der Waals surface area contributed by atoms with Crippen LogP contribution in [0.2, 0.25) is 0 Å². The molecule has 2 rings (SSSR count). The van der Waals surface area contributed by atoms with Crippen LogP contribution < -0.4 is 9.47 Å². The quantitative estimate of drug-likeness (QED) is 0.573. The highest BCUT2D eigenvalue weighted by Crippen LogP contribution is 2.30. The van der Waals surface area contributed by atoms with Crippen LogP contribution in [0.25, 0.3) is 0 Å². The molecule has 0 aliphatic carbocycles. The molecule has 8 heteroatoms. The number of nitrogens with one attached hydrogen (secondary N) is 1. The van der Waals surface area contributed by atoms with Gasteiger partial charge < -0.3 is 23.9 Å². The topological polar surface area (TPSA) is 104 Å². The Morgan fingerprint density at radius 3 is 2.18 bits per heavy atom.